The van der Waals surface area contributed by atoms with Gasteiger partial charge in [-0.05, 0) is 54.1 Å². The van der Waals surface area contributed by atoms with Crippen molar-refractivity contribution in [3.05, 3.63) is 107 Å². The summed E-state index contributed by atoms with van der Waals surface area (Å²) in [6.45, 7) is 0.328. The molecule has 0 aliphatic heterocycles. The number of carbonyl (C=O) groups excluding carboxylic acids is 2. The molecule has 33 heavy (non-hydrogen) atoms. The minimum Gasteiger partial charge on any atom is -0.484 e. The highest BCUT2D eigenvalue weighted by molar-refractivity contribution is 6.02. The lowest BCUT2D eigenvalue weighted by Crippen LogP contribution is -2.22. The molecular weight excluding hydrogens is 422 g/mol. The number of nitriles is 1. The second-order valence-corrected chi connectivity index (χ2v) is 6.98. The van der Waals surface area contributed by atoms with Crippen LogP contribution in [0.25, 0.3) is 0 Å². The van der Waals surface area contributed by atoms with Gasteiger partial charge in [0, 0.05) is 12.2 Å². The number of anilines is 1. The molecule has 0 spiro atoms. The molecule has 2 amide bonds. The summed E-state index contributed by atoms with van der Waals surface area (Å²) in [6, 6.07) is 22.5. The van der Waals surface area contributed by atoms with Crippen LogP contribution in [0.3, 0.4) is 0 Å². The molecule has 2 aromatic heterocycles. The summed E-state index contributed by atoms with van der Waals surface area (Å²) in [6.07, 6.45) is 1.43. The number of para-hydroxylation sites is 1. The van der Waals surface area contributed by atoms with Crippen molar-refractivity contribution in [3.8, 4) is 11.8 Å². The predicted molar refractivity (Wildman–Crippen MR) is 118 cm³/mol. The zero-order chi connectivity index (χ0) is 23.0. The van der Waals surface area contributed by atoms with Crippen LogP contribution in [0.5, 0.6) is 5.75 Å². The number of hydrogen-bond acceptors (Lipinski definition) is 6. The summed E-state index contributed by atoms with van der Waals surface area (Å²) >= 11 is 0. The lowest BCUT2D eigenvalue weighted by atomic mass is 10.2. The van der Waals surface area contributed by atoms with E-state index in [2.05, 4.69) is 16.7 Å². The van der Waals surface area contributed by atoms with Crippen LogP contribution in [-0.4, -0.2) is 11.8 Å². The highest BCUT2D eigenvalue weighted by Gasteiger charge is 2.13. The van der Waals surface area contributed by atoms with E-state index in [4.69, 9.17) is 18.8 Å². The topological polar surface area (TPSA) is 118 Å². The first-order valence-electron chi connectivity index (χ1n) is 10.0. The van der Waals surface area contributed by atoms with Gasteiger partial charge in [-0.15, -0.1) is 0 Å². The SMILES string of the molecule is N#Cc1ccccc1OCc1ccc(C(=O)NCc2cccc(NC(=O)c3ccco3)c2)o1. The molecule has 0 saturated heterocycles. The van der Waals surface area contributed by atoms with Crippen LogP contribution in [0.15, 0.2) is 87.9 Å². The monoisotopic (exact) mass is 441 g/mol. The third kappa shape index (κ3) is 5.48. The Hall–Kier alpha value is -4.77. The van der Waals surface area contributed by atoms with Crippen molar-refractivity contribution >= 4 is 17.5 Å². The third-order valence-electron chi connectivity index (χ3n) is 4.65. The van der Waals surface area contributed by atoms with Crippen LogP contribution >= 0.6 is 0 Å². The van der Waals surface area contributed by atoms with E-state index in [1.165, 1.54) is 6.26 Å². The fourth-order valence-corrected chi connectivity index (χ4v) is 3.04. The summed E-state index contributed by atoms with van der Waals surface area (Å²) in [5, 5.41) is 14.6. The maximum atomic E-state index is 12.5. The van der Waals surface area contributed by atoms with E-state index in [0.717, 1.165) is 5.56 Å². The van der Waals surface area contributed by atoms with Crippen LogP contribution in [0.2, 0.25) is 0 Å². The maximum Gasteiger partial charge on any atom is 0.291 e. The van der Waals surface area contributed by atoms with Gasteiger partial charge in [-0.1, -0.05) is 24.3 Å². The average Bonchev–Trinajstić information content (AvgIpc) is 3.54. The number of rotatable bonds is 8. The van der Waals surface area contributed by atoms with E-state index in [0.29, 0.717) is 22.8 Å². The number of hydrogen-bond donors (Lipinski definition) is 2. The smallest absolute Gasteiger partial charge is 0.291 e. The molecule has 0 radical (unpaired) electrons. The molecule has 2 heterocycles. The van der Waals surface area contributed by atoms with Crippen molar-refractivity contribution in [2.24, 2.45) is 0 Å². The fraction of sp³-hybridized carbons (Fsp3) is 0.0800. The Morgan fingerprint density at radius 3 is 2.64 bits per heavy atom. The highest BCUT2D eigenvalue weighted by Crippen LogP contribution is 2.19. The van der Waals surface area contributed by atoms with Crippen LogP contribution in [-0.2, 0) is 13.2 Å². The Kier molecular flexibility index (Phi) is 6.52. The van der Waals surface area contributed by atoms with Crippen molar-refractivity contribution in [2.75, 3.05) is 5.32 Å². The van der Waals surface area contributed by atoms with Crippen LogP contribution < -0.4 is 15.4 Å². The Labute approximate surface area is 189 Å². The molecule has 8 heteroatoms. The molecule has 0 aliphatic carbocycles. The van der Waals surface area contributed by atoms with Gasteiger partial charge in [-0.3, -0.25) is 9.59 Å². The molecule has 4 aromatic rings. The number of carbonyl (C=O) groups is 2. The zero-order valence-electron chi connectivity index (χ0n) is 17.4. The molecule has 164 valence electrons. The van der Waals surface area contributed by atoms with Crippen LogP contribution in [0.1, 0.15) is 38.0 Å². The van der Waals surface area contributed by atoms with E-state index in [1.54, 1.807) is 66.7 Å². The Balaban J connectivity index is 1.31. The molecule has 0 fully saturated rings. The summed E-state index contributed by atoms with van der Waals surface area (Å²) in [4.78, 5) is 24.6. The van der Waals surface area contributed by atoms with E-state index >= 15 is 0 Å². The molecule has 8 nitrogen and oxygen atoms in total. The van der Waals surface area contributed by atoms with Crippen LogP contribution in [0.4, 0.5) is 5.69 Å². The summed E-state index contributed by atoms with van der Waals surface area (Å²) in [7, 11) is 0. The Bertz CT molecular complexity index is 1300. The molecule has 0 aliphatic rings. The highest BCUT2D eigenvalue weighted by atomic mass is 16.5. The van der Waals surface area contributed by atoms with Gasteiger partial charge in [0.05, 0.1) is 11.8 Å². The van der Waals surface area contributed by atoms with E-state index in [9.17, 15) is 9.59 Å². The largest absolute Gasteiger partial charge is 0.484 e. The molecular formula is C25H19N3O5. The maximum absolute atomic E-state index is 12.5. The molecule has 2 aromatic carbocycles. The number of nitrogens with zero attached hydrogens (tertiary/aromatic N) is 1. The van der Waals surface area contributed by atoms with Gasteiger partial charge < -0.3 is 24.2 Å². The minimum atomic E-state index is -0.385. The molecule has 2 N–H and O–H groups in total. The van der Waals surface area contributed by atoms with Gasteiger partial charge in [0.25, 0.3) is 11.8 Å². The second kappa shape index (κ2) is 10.0. The molecule has 0 unspecified atom stereocenters. The van der Waals surface area contributed by atoms with Crippen LogP contribution in [0, 0.1) is 11.3 Å². The number of amides is 2. The van der Waals surface area contributed by atoms with Gasteiger partial charge >= 0.3 is 0 Å². The fourth-order valence-electron chi connectivity index (χ4n) is 3.04. The Morgan fingerprint density at radius 2 is 1.82 bits per heavy atom. The van der Waals surface area contributed by atoms with Gasteiger partial charge in [0.15, 0.2) is 11.5 Å². The molecule has 0 atom stereocenters. The predicted octanol–water partition coefficient (Wildman–Crippen LogP) is 4.51. The van der Waals surface area contributed by atoms with Crippen molar-refractivity contribution < 1.29 is 23.2 Å². The second-order valence-electron chi connectivity index (χ2n) is 6.98. The zero-order valence-corrected chi connectivity index (χ0v) is 17.4. The van der Waals surface area contributed by atoms with Crippen molar-refractivity contribution in [2.45, 2.75) is 13.2 Å². The molecule has 0 saturated carbocycles. The normalized spacial score (nSPS) is 10.3. The summed E-state index contributed by atoms with van der Waals surface area (Å²) in [5.74, 6) is 0.511. The van der Waals surface area contributed by atoms with Gasteiger partial charge in [0.1, 0.15) is 24.2 Å². The summed E-state index contributed by atoms with van der Waals surface area (Å²) < 4.78 is 16.3. The molecule has 0 bridgehead atoms. The standard InChI is InChI=1S/C25H19N3O5/c26-14-18-6-1-2-8-21(18)32-16-20-10-11-23(33-20)24(29)27-15-17-5-3-7-19(13-17)28-25(30)22-9-4-12-31-22/h1-13H,15-16H2,(H,27,29)(H,28,30). The first-order chi connectivity index (χ1) is 16.1. The minimum absolute atomic E-state index is 0.0867. The first-order valence-corrected chi connectivity index (χ1v) is 10.0. The van der Waals surface area contributed by atoms with Crippen molar-refractivity contribution in [1.82, 2.24) is 5.32 Å². The third-order valence-corrected chi connectivity index (χ3v) is 4.65. The lowest BCUT2D eigenvalue weighted by Gasteiger charge is -2.08. The number of nitrogens with one attached hydrogen (secondary N) is 2. The van der Waals surface area contributed by atoms with Gasteiger partial charge in [-0.2, -0.15) is 5.26 Å². The summed E-state index contributed by atoms with van der Waals surface area (Å²) in [5.41, 5.74) is 1.80. The molecule has 4 rings (SSSR count). The van der Waals surface area contributed by atoms with E-state index in [1.807, 2.05) is 6.07 Å². The quantitative estimate of drug-likeness (QED) is 0.416. The number of ether oxygens (including phenoxy) is 1. The average molecular weight is 441 g/mol. The van der Waals surface area contributed by atoms with E-state index < -0.39 is 0 Å². The van der Waals surface area contributed by atoms with E-state index in [-0.39, 0.29) is 36.5 Å². The van der Waals surface area contributed by atoms with Crippen molar-refractivity contribution in [1.29, 1.82) is 5.26 Å². The van der Waals surface area contributed by atoms with Crippen molar-refractivity contribution in [3.63, 3.8) is 0 Å². The number of benzene rings is 2. The lowest BCUT2D eigenvalue weighted by molar-refractivity contribution is 0.0918. The number of furan rings is 2. The van der Waals surface area contributed by atoms with Gasteiger partial charge in [-0.25, -0.2) is 0 Å². The van der Waals surface area contributed by atoms with Gasteiger partial charge in [0.2, 0.25) is 0 Å². The Morgan fingerprint density at radius 1 is 0.939 bits per heavy atom. The first kappa shape index (κ1) is 21.5.